The van der Waals surface area contributed by atoms with E-state index in [9.17, 15) is 0 Å². The molecule has 1 nitrogen and oxygen atoms in total. The van der Waals surface area contributed by atoms with Crippen LogP contribution in [0.25, 0.3) is 0 Å². The van der Waals surface area contributed by atoms with Crippen molar-refractivity contribution in [2.24, 2.45) is 0 Å². The molecule has 0 saturated carbocycles. The molecule has 1 N–H and O–H groups in total. The number of nitrogens with one attached hydrogen (secondary N) is 1. The smallest absolute Gasteiger partial charge is 0.158 e. The van der Waals surface area contributed by atoms with Crippen molar-refractivity contribution in [2.45, 2.75) is 0 Å². The third-order valence-corrected chi connectivity index (χ3v) is 1.45. The van der Waals surface area contributed by atoms with Crippen LogP contribution in [0.15, 0.2) is 11.6 Å². The minimum atomic E-state index is 0. The zero-order valence-corrected chi connectivity index (χ0v) is 7.60. The first kappa shape index (κ1) is 7.85. The van der Waals surface area contributed by atoms with Crippen molar-refractivity contribution in [2.75, 3.05) is 0 Å². The zero-order chi connectivity index (χ0) is 4.41. The van der Waals surface area contributed by atoms with Gasteiger partial charge in [0.2, 0.25) is 0 Å². The standard InChI is InChI=1S/C3H3NS2.Na/c5-3-4-1-2-6-3;/h1-2H,(H,4,5);. The molecule has 1 radical (unpaired) electrons. The SMILES string of the molecule is S=c1[nH]ccs1.[Na]. The van der Waals surface area contributed by atoms with Crippen molar-refractivity contribution < 1.29 is 0 Å². The molecule has 7 heavy (non-hydrogen) atoms. The van der Waals surface area contributed by atoms with Gasteiger partial charge in [0, 0.05) is 41.1 Å². The average Bonchev–Trinajstić information content (AvgIpc) is 1.86. The van der Waals surface area contributed by atoms with E-state index in [2.05, 4.69) is 4.98 Å². The van der Waals surface area contributed by atoms with E-state index in [1.807, 2.05) is 11.6 Å². The average molecular weight is 140 g/mol. The largest absolute Gasteiger partial charge is 0.344 e. The van der Waals surface area contributed by atoms with E-state index in [1.165, 1.54) is 11.3 Å². The first-order valence-electron chi connectivity index (χ1n) is 1.52. The first-order chi connectivity index (χ1) is 2.89. The van der Waals surface area contributed by atoms with Crippen LogP contribution in [0.2, 0.25) is 0 Å². The normalized spacial score (nSPS) is 7.43. The van der Waals surface area contributed by atoms with Gasteiger partial charge in [-0.15, -0.1) is 11.3 Å². The first-order valence-corrected chi connectivity index (χ1v) is 2.80. The van der Waals surface area contributed by atoms with Crippen LogP contribution in [0.5, 0.6) is 0 Å². The van der Waals surface area contributed by atoms with Gasteiger partial charge < -0.3 is 4.98 Å². The maximum Gasteiger partial charge on any atom is 0.158 e. The number of thiazole rings is 1. The van der Waals surface area contributed by atoms with Gasteiger partial charge in [-0.3, -0.25) is 0 Å². The summed E-state index contributed by atoms with van der Waals surface area (Å²) in [6.07, 6.45) is 1.83. The van der Waals surface area contributed by atoms with Crippen LogP contribution in [-0.4, -0.2) is 34.5 Å². The second-order valence-corrected chi connectivity index (χ2v) is 2.44. The van der Waals surface area contributed by atoms with Gasteiger partial charge in [-0.2, -0.15) is 0 Å². The summed E-state index contributed by atoms with van der Waals surface area (Å²) >= 11 is 6.25. The molecule has 0 aliphatic rings. The maximum atomic E-state index is 4.71. The Bertz CT molecular complexity index is 151. The van der Waals surface area contributed by atoms with Gasteiger partial charge in [-0.25, -0.2) is 0 Å². The van der Waals surface area contributed by atoms with Gasteiger partial charge in [-0.1, -0.05) is 0 Å². The molecule has 0 spiro atoms. The van der Waals surface area contributed by atoms with Crippen molar-refractivity contribution in [3.63, 3.8) is 0 Å². The van der Waals surface area contributed by atoms with Gasteiger partial charge in [0.05, 0.1) is 0 Å². The molecule has 0 aromatic carbocycles. The fourth-order valence-electron chi connectivity index (χ4n) is 0.232. The van der Waals surface area contributed by atoms with Gasteiger partial charge >= 0.3 is 0 Å². The Hall–Kier alpha value is 0.850. The monoisotopic (exact) mass is 140 g/mol. The van der Waals surface area contributed by atoms with Crippen molar-refractivity contribution in [1.29, 1.82) is 0 Å². The molecule has 0 saturated heterocycles. The predicted octanol–water partition coefficient (Wildman–Crippen LogP) is 1.42. The third kappa shape index (κ3) is 2.61. The molecule has 1 aromatic rings. The van der Waals surface area contributed by atoms with Crippen molar-refractivity contribution >= 4 is 53.1 Å². The summed E-state index contributed by atoms with van der Waals surface area (Å²) < 4.78 is 0.843. The van der Waals surface area contributed by atoms with E-state index in [0.717, 1.165) is 3.95 Å². The molecule has 0 atom stereocenters. The number of aromatic nitrogens is 1. The minimum absolute atomic E-state index is 0. The molecule has 0 fully saturated rings. The predicted molar refractivity (Wildman–Crippen MR) is 35.3 cm³/mol. The molecule has 0 bridgehead atoms. The van der Waals surface area contributed by atoms with Crippen molar-refractivity contribution in [3.8, 4) is 0 Å². The number of hydrogen-bond acceptors (Lipinski definition) is 2. The van der Waals surface area contributed by atoms with Crippen LogP contribution < -0.4 is 0 Å². The molecule has 0 unspecified atom stereocenters. The molecule has 0 amide bonds. The van der Waals surface area contributed by atoms with Crippen LogP contribution in [0.4, 0.5) is 0 Å². The van der Waals surface area contributed by atoms with Crippen LogP contribution >= 0.6 is 23.6 Å². The Labute approximate surface area is 73.1 Å². The summed E-state index contributed by atoms with van der Waals surface area (Å²) in [5, 5.41) is 1.92. The summed E-state index contributed by atoms with van der Waals surface area (Å²) in [5.41, 5.74) is 0. The summed E-state index contributed by atoms with van der Waals surface area (Å²) in [6, 6.07) is 0. The summed E-state index contributed by atoms with van der Waals surface area (Å²) in [5.74, 6) is 0. The van der Waals surface area contributed by atoms with E-state index in [0.29, 0.717) is 0 Å². The topological polar surface area (TPSA) is 15.8 Å². The second-order valence-electron chi connectivity index (χ2n) is 0.852. The van der Waals surface area contributed by atoms with Crippen molar-refractivity contribution in [1.82, 2.24) is 4.98 Å². The van der Waals surface area contributed by atoms with Gasteiger partial charge in [0.15, 0.2) is 3.95 Å². The van der Waals surface area contributed by atoms with Gasteiger partial charge in [0.25, 0.3) is 0 Å². The van der Waals surface area contributed by atoms with Gasteiger partial charge in [0.1, 0.15) is 0 Å². The molecule has 1 heterocycles. The Morgan fingerprint density at radius 2 is 2.43 bits per heavy atom. The molecule has 33 valence electrons. The second kappa shape index (κ2) is 3.80. The molecule has 1 aromatic heterocycles. The maximum absolute atomic E-state index is 4.71. The van der Waals surface area contributed by atoms with Crippen molar-refractivity contribution in [3.05, 3.63) is 15.5 Å². The Morgan fingerprint density at radius 1 is 1.71 bits per heavy atom. The molecular formula is C3H3NNaS2. The van der Waals surface area contributed by atoms with Crippen LogP contribution in [0.1, 0.15) is 0 Å². The van der Waals surface area contributed by atoms with E-state index in [-0.39, 0.29) is 29.6 Å². The number of rotatable bonds is 0. The Balaban J connectivity index is 0.000000360. The Kier molecular flexibility index (Phi) is 4.27. The summed E-state index contributed by atoms with van der Waals surface area (Å²) in [7, 11) is 0. The van der Waals surface area contributed by atoms with Crippen LogP contribution in [0.3, 0.4) is 0 Å². The Morgan fingerprint density at radius 3 is 2.57 bits per heavy atom. The molecule has 0 aliphatic carbocycles. The molecular weight excluding hydrogens is 137 g/mol. The van der Waals surface area contributed by atoms with E-state index >= 15 is 0 Å². The number of H-pyrrole nitrogens is 1. The fourth-order valence-corrected chi connectivity index (χ4v) is 0.862. The van der Waals surface area contributed by atoms with Crippen LogP contribution in [0, 0.1) is 3.95 Å². The minimum Gasteiger partial charge on any atom is -0.344 e. The fraction of sp³-hybridized carbons (Fsp3) is 0. The van der Waals surface area contributed by atoms with E-state index in [1.54, 1.807) is 0 Å². The van der Waals surface area contributed by atoms with E-state index in [4.69, 9.17) is 12.2 Å². The van der Waals surface area contributed by atoms with Crippen LogP contribution in [-0.2, 0) is 0 Å². The summed E-state index contributed by atoms with van der Waals surface area (Å²) in [4.78, 5) is 2.83. The quantitative estimate of drug-likeness (QED) is 0.425. The summed E-state index contributed by atoms with van der Waals surface area (Å²) in [6.45, 7) is 0. The zero-order valence-electron chi connectivity index (χ0n) is 3.97. The molecule has 4 heteroatoms. The number of hydrogen-bond donors (Lipinski definition) is 1. The van der Waals surface area contributed by atoms with E-state index < -0.39 is 0 Å². The van der Waals surface area contributed by atoms with Gasteiger partial charge in [-0.05, 0) is 12.2 Å². The third-order valence-electron chi connectivity index (χ3n) is 0.444. The number of aromatic amines is 1. The molecule has 0 aliphatic heterocycles. The molecule has 1 rings (SSSR count).